The van der Waals surface area contributed by atoms with E-state index in [4.69, 9.17) is 0 Å². The molecule has 0 heterocycles. The fraction of sp³-hybridized carbons (Fsp3) is 0.682. The molecule has 0 aliphatic heterocycles. The maximum Gasteiger partial charge on any atom is 0.251 e. The van der Waals surface area contributed by atoms with E-state index in [0.717, 1.165) is 44.1 Å². The topological polar surface area (TPSA) is 63.2 Å². The predicted octanol–water partition coefficient (Wildman–Crippen LogP) is 4.84. The zero-order valence-electron chi connectivity index (χ0n) is 17.9. The number of sulfone groups is 1. The molecule has 0 aliphatic rings. The highest BCUT2D eigenvalue weighted by Gasteiger charge is 2.27. The molecule has 1 rings (SSSR count). The number of hydrogen-bond acceptors (Lipinski definition) is 3. The van der Waals surface area contributed by atoms with Crippen molar-refractivity contribution in [3.05, 3.63) is 34.9 Å². The third-order valence-electron chi connectivity index (χ3n) is 4.82. The van der Waals surface area contributed by atoms with Crippen LogP contribution in [0.3, 0.4) is 0 Å². The molecule has 154 valence electrons. The van der Waals surface area contributed by atoms with Gasteiger partial charge in [-0.25, -0.2) is 8.42 Å². The first-order valence-electron chi connectivity index (χ1n) is 10.1. The minimum absolute atomic E-state index is 0.0233. The molecule has 1 aromatic rings. The van der Waals surface area contributed by atoms with Crippen LogP contribution < -0.4 is 5.32 Å². The van der Waals surface area contributed by atoms with Gasteiger partial charge < -0.3 is 5.32 Å². The zero-order valence-corrected chi connectivity index (χ0v) is 18.7. The van der Waals surface area contributed by atoms with Crippen molar-refractivity contribution in [2.75, 3.05) is 5.75 Å². The summed E-state index contributed by atoms with van der Waals surface area (Å²) in [7, 11) is -2.99. The van der Waals surface area contributed by atoms with Gasteiger partial charge >= 0.3 is 0 Å². The molecule has 0 saturated heterocycles. The number of aryl methyl sites for hydroxylation is 2. The van der Waals surface area contributed by atoms with Gasteiger partial charge in [-0.15, -0.1) is 0 Å². The van der Waals surface area contributed by atoms with Gasteiger partial charge in [0.25, 0.3) is 5.91 Å². The van der Waals surface area contributed by atoms with Crippen LogP contribution in [-0.4, -0.2) is 30.9 Å². The van der Waals surface area contributed by atoms with E-state index in [-0.39, 0.29) is 17.7 Å². The SMILES string of the molecule is Cc1cc(C(=O)NC(C)C)ccc1CCCCCCCS(=O)(=O)C(C)(C)C. The third-order valence-corrected chi connectivity index (χ3v) is 7.51. The second-order valence-corrected chi connectivity index (χ2v) is 11.6. The van der Waals surface area contributed by atoms with Crippen LogP contribution in [0.4, 0.5) is 0 Å². The summed E-state index contributed by atoms with van der Waals surface area (Å²) >= 11 is 0. The van der Waals surface area contributed by atoms with E-state index in [1.807, 2.05) is 26.0 Å². The lowest BCUT2D eigenvalue weighted by Gasteiger charge is -2.18. The lowest BCUT2D eigenvalue weighted by atomic mass is 9.99. The molecule has 0 fully saturated rings. The monoisotopic (exact) mass is 395 g/mol. The van der Waals surface area contributed by atoms with Gasteiger partial charge in [0.1, 0.15) is 0 Å². The van der Waals surface area contributed by atoms with Crippen LogP contribution in [0.25, 0.3) is 0 Å². The Balaban J connectivity index is 2.34. The molecule has 0 spiro atoms. The third kappa shape index (κ3) is 8.04. The molecule has 1 amide bonds. The Morgan fingerprint density at radius 3 is 2.19 bits per heavy atom. The van der Waals surface area contributed by atoms with Crippen LogP contribution in [0.15, 0.2) is 18.2 Å². The Hall–Kier alpha value is -1.36. The van der Waals surface area contributed by atoms with Crippen molar-refractivity contribution < 1.29 is 13.2 Å². The van der Waals surface area contributed by atoms with Crippen LogP contribution in [0, 0.1) is 6.92 Å². The van der Waals surface area contributed by atoms with E-state index in [1.54, 1.807) is 20.8 Å². The largest absolute Gasteiger partial charge is 0.350 e. The molecule has 0 atom stereocenters. The number of hydrogen-bond donors (Lipinski definition) is 1. The predicted molar refractivity (Wildman–Crippen MR) is 114 cm³/mol. The van der Waals surface area contributed by atoms with Crippen molar-refractivity contribution in [1.29, 1.82) is 0 Å². The first kappa shape index (κ1) is 23.7. The molecular weight excluding hydrogens is 358 g/mol. The number of benzene rings is 1. The van der Waals surface area contributed by atoms with Crippen molar-refractivity contribution in [1.82, 2.24) is 5.32 Å². The molecule has 0 aliphatic carbocycles. The van der Waals surface area contributed by atoms with Gasteiger partial charge in [0, 0.05) is 11.6 Å². The minimum atomic E-state index is -2.99. The lowest BCUT2D eigenvalue weighted by Crippen LogP contribution is -2.30. The Bertz CT molecular complexity index is 716. The number of amides is 1. The fourth-order valence-corrected chi connectivity index (χ4v) is 4.10. The number of unbranched alkanes of at least 4 members (excludes halogenated alkanes) is 4. The van der Waals surface area contributed by atoms with Crippen LogP contribution in [0.5, 0.6) is 0 Å². The van der Waals surface area contributed by atoms with Crippen molar-refractivity contribution >= 4 is 15.7 Å². The normalized spacial score (nSPS) is 12.4. The standard InChI is InChI=1S/C22H37NO3S/c1-17(2)23-21(24)20-14-13-19(18(3)16-20)12-10-8-7-9-11-15-27(25,26)22(4,5)6/h13-14,16-17H,7-12,15H2,1-6H3,(H,23,24). The molecule has 1 aromatic carbocycles. The number of carbonyl (C=O) groups excluding carboxylic acids is 1. The minimum Gasteiger partial charge on any atom is -0.350 e. The van der Waals surface area contributed by atoms with Crippen LogP contribution >= 0.6 is 0 Å². The van der Waals surface area contributed by atoms with Gasteiger partial charge in [-0.1, -0.05) is 25.3 Å². The average Bonchev–Trinajstić information content (AvgIpc) is 2.53. The number of carbonyl (C=O) groups is 1. The van der Waals surface area contributed by atoms with Crippen LogP contribution in [0.1, 0.15) is 88.2 Å². The summed E-state index contributed by atoms with van der Waals surface area (Å²) < 4.78 is 23.5. The molecule has 27 heavy (non-hydrogen) atoms. The summed E-state index contributed by atoms with van der Waals surface area (Å²) in [6, 6.07) is 6.05. The zero-order chi connectivity index (χ0) is 20.7. The van der Waals surface area contributed by atoms with Crippen molar-refractivity contribution in [2.24, 2.45) is 0 Å². The molecule has 0 aromatic heterocycles. The summed E-state index contributed by atoms with van der Waals surface area (Å²) in [6.07, 6.45) is 5.96. The molecule has 0 saturated carbocycles. The number of rotatable bonds is 10. The number of nitrogens with one attached hydrogen (secondary N) is 1. The molecule has 4 nitrogen and oxygen atoms in total. The van der Waals surface area contributed by atoms with Crippen molar-refractivity contribution in [3.63, 3.8) is 0 Å². The molecule has 0 unspecified atom stereocenters. The lowest BCUT2D eigenvalue weighted by molar-refractivity contribution is 0.0943. The highest BCUT2D eigenvalue weighted by molar-refractivity contribution is 7.92. The summed E-state index contributed by atoms with van der Waals surface area (Å²) in [4.78, 5) is 12.1. The van der Waals surface area contributed by atoms with Gasteiger partial charge in [0.15, 0.2) is 9.84 Å². The fourth-order valence-electron chi connectivity index (χ4n) is 2.91. The Kier molecular flexibility index (Phi) is 9.00. The summed E-state index contributed by atoms with van der Waals surface area (Å²) in [5, 5.41) is 2.92. The summed E-state index contributed by atoms with van der Waals surface area (Å²) in [5.41, 5.74) is 3.15. The first-order valence-corrected chi connectivity index (χ1v) is 11.7. The van der Waals surface area contributed by atoms with E-state index in [0.29, 0.717) is 5.56 Å². The quantitative estimate of drug-likeness (QED) is 0.577. The van der Waals surface area contributed by atoms with Gasteiger partial charge in [-0.05, 0) is 84.1 Å². The average molecular weight is 396 g/mol. The van der Waals surface area contributed by atoms with Crippen molar-refractivity contribution in [2.45, 2.75) is 90.9 Å². The Labute approximate surface area is 166 Å². The maximum absolute atomic E-state index is 12.1. The van der Waals surface area contributed by atoms with E-state index < -0.39 is 14.6 Å². The van der Waals surface area contributed by atoms with Crippen LogP contribution in [0.2, 0.25) is 0 Å². The molecule has 1 N–H and O–H groups in total. The second kappa shape index (κ2) is 10.3. The summed E-state index contributed by atoms with van der Waals surface area (Å²) in [6.45, 7) is 11.3. The van der Waals surface area contributed by atoms with E-state index in [9.17, 15) is 13.2 Å². The van der Waals surface area contributed by atoms with Gasteiger partial charge in [-0.2, -0.15) is 0 Å². The maximum atomic E-state index is 12.1. The molecular formula is C22H37NO3S. The highest BCUT2D eigenvalue weighted by atomic mass is 32.2. The Morgan fingerprint density at radius 1 is 1.04 bits per heavy atom. The summed E-state index contributed by atoms with van der Waals surface area (Å²) in [5.74, 6) is 0.264. The molecule has 5 heteroatoms. The smallest absolute Gasteiger partial charge is 0.251 e. The highest BCUT2D eigenvalue weighted by Crippen LogP contribution is 2.19. The van der Waals surface area contributed by atoms with Crippen LogP contribution in [-0.2, 0) is 16.3 Å². The van der Waals surface area contributed by atoms with Gasteiger partial charge in [0.05, 0.1) is 10.5 Å². The van der Waals surface area contributed by atoms with Crippen molar-refractivity contribution in [3.8, 4) is 0 Å². The van der Waals surface area contributed by atoms with E-state index in [1.165, 1.54) is 5.56 Å². The molecule has 0 bridgehead atoms. The van der Waals surface area contributed by atoms with Gasteiger partial charge in [-0.3, -0.25) is 4.79 Å². The van der Waals surface area contributed by atoms with E-state index in [2.05, 4.69) is 18.3 Å². The second-order valence-electron chi connectivity index (χ2n) is 8.72. The van der Waals surface area contributed by atoms with Gasteiger partial charge in [0.2, 0.25) is 0 Å². The Morgan fingerprint density at radius 2 is 1.63 bits per heavy atom. The molecule has 0 radical (unpaired) electrons. The first-order chi connectivity index (χ1) is 12.4. The van der Waals surface area contributed by atoms with E-state index >= 15 is 0 Å².